The van der Waals surface area contributed by atoms with Crippen LogP contribution in [0.2, 0.25) is 0 Å². The summed E-state index contributed by atoms with van der Waals surface area (Å²) in [6.07, 6.45) is 0.745. The van der Waals surface area contributed by atoms with Crippen molar-refractivity contribution in [1.82, 2.24) is 24.2 Å². The molecule has 0 unspecified atom stereocenters. The van der Waals surface area contributed by atoms with E-state index in [0.717, 1.165) is 10.9 Å². The Bertz CT molecular complexity index is 857. The average Bonchev–Trinajstić information content (AvgIpc) is 2.77. The first-order valence-corrected chi connectivity index (χ1v) is 6.01. The summed E-state index contributed by atoms with van der Waals surface area (Å²) in [5.41, 5.74) is -0.315. The van der Waals surface area contributed by atoms with E-state index in [1.165, 1.54) is 18.6 Å². The zero-order valence-corrected chi connectivity index (χ0v) is 10.9. The van der Waals surface area contributed by atoms with Crippen LogP contribution in [0.25, 0.3) is 16.9 Å². The molecule has 0 bridgehead atoms. The molecule has 7 nitrogen and oxygen atoms in total. The van der Waals surface area contributed by atoms with E-state index in [-0.39, 0.29) is 11.2 Å². The van der Waals surface area contributed by atoms with Gasteiger partial charge in [-0.25, -0.2) is 14.8 Å². The molecule has 0 aromatic carbocycles. The molecule has 0 aliphatic heterocycles. The van der Waals surface area contributed by atoms with Gasteiger partial charge in [0.05, 0.1) is 18.1 Å². The summed E-state index contributed by atoms with van der Waals surface area (Å²) >= 11 is 0. The van der Waals surface area contributed by atoms with Crippen LogP contribution in [0, 0.1) is 0 Å². The van der Waals surface area contributed by atoms with Crippen molar-refractivity contribution in [2.45, 2.75) is 6.18 Å². The lowest BCUT2D eigenvalue weighted by molar-refractivity contribution is -0.174. The van der Waals surface area contributed by atoms with Crippen LogP contribution in [-0.2, 0) is 0 Å². The van der Waals surface area contributed by atoms with Gasteiger partial charge in [-0.3, -0.25) is 9.55 Å². The van der Waals surface area contributed by atoms with Gasteiger partial charge in [-0.1, -0.05) is 0 Å². The second-order valence-electron chi connectivity index (χ2n) is 4.24. The lowest BCUT2D eigenvalue weighted by Crippen LogP contribution is -2.33. The predicted octanol–water partition coefficient (Wildman–Crippen LogP) is 0.968. The fraction of sp³-hybridized carbons (Fsp3) is 0.167. The lowest BCUT2D eigenvalue weighted by Gasteiger charge is -2.08. The van der Waals surface area contributed by atoms with Crippen molar-refractivity contribution in [3.63, 3.8) is 0 Å². The molecule has 0 atom stereocenters. The molecule has 3 rings (SSSR count). The van der Waals surface area contributed by atoms with Gasteiger partial charge in [0.15, 0.2) is 0 Å². The van der Waals surface area contributed by atoms with Gasteiger partial charge in [-0.05, 0) is 12.1 Å². The summed E-state index contributed by atoms with van der Waals surface area (Å²) in [7, 11) is 0. The number of pyridine rings is 1. The number of aromatic nitrogens is 5. The Morgan fingerprint density at radius 1 is 1.23 bits per heavy atom. The number of nitrogens with zero attached hydrogens (tertiary/aromatic N) is 5. The molecule has 0 radical (unpaired) electrons. The molecule has 3 aromatic rings. The van der Waals surface area contributed by atoms with Crippen molar-refractivity contribution in [1.29, 1.82) is 0 Å². The number of hydrogen-bond donors (Lipinski definition) is 0. The van der Waals surface area contributed by atoms with E-state index >= 15 is 0 Å². The van der Waals surface area contributed by atoms with Gasteiger partial charge in [0, 0.05) is 6.20 Å². The van der Waals surface area contributed by atoms with Crippen LogP contribution in [0.1, 0.15) is 0 Å². The zero-order chi connectivity index (χ0) is 15.7. The van der Waals surface area contributed by atoms with E-state index in [4.69, 9.17) is 0 Å². The Kier molecular flexibility index (Phi) is 3.28. The van der Waals surface area contributed by atoms with Gasteiger partial charge in [-0.15, -0.1) is 4.73 Å². The first-order valence-electron chi connectivity index (χ1n) is 6.01. The molecule has 114 valence electrons. The Labute approximate surface area is 120 Å². The molecule has 0 N–H and O–H groups in total. The third kappa shape index (κ3) is 2.50. The van der Waals surface area contributed by atoms with Crippen molar-refractivity contribution in [3.05, 3.63) is 47.5 Å². The first kappa shape index (κ1) is 14.0. The van der Waals surface area contributed by atoms with Crippen LogP contribution >= 0.6 is 0 Å². The first-order chi connectivity index (χ1) is 10.5. The van der Waals surface area contributed by atoms with Crippen LogP contribution in [0.15, 0.2) is 41.8 Å². The minimum Gasteiger partial charge on any atom is -0.398 e. The van der Waals surface area contributed by atoms with Gasteiger partial charge >= 0.3 is 11.9 Å². The molecule has 3 heterocycles. The average molecular weight is 311 g/mol. The monoisotopic (exact) mass is 311 g/mol. The van der Waals surface area contributed by atoms with Gasteiger partial charge in [0.1, 0.15) is 11.8 Å². The van der Waals surface area contributed by atoms with Crippen molar-refractivity contribution in [2.24, 2.45) is 0 Å². The standard InChI is InChI=1S/C12H8F3N5O2/c13-12(14,15)6-22-20-10-9(5-17-7-18-10)19(11(20)21)8-2-1-3-16-4-8/h1-5,7H,6H2. The van der Waals surface area contributed by atoms with Crippen LogP contribution < -0.4 is 10.5 Å². The number of halogens is 3. The second kappa shape index (κ2) is 5.13. The van der Waals surface area contributed by atoms with Crippen molar-refractivity contribution < 1.29 is 18.0 Å². The number of imidazole rings is 1. The highest BCUT2D eigenvalue weighted by molar-refractivity contribution is 5.72. The summed E-state index contributed by atoms with van der Waals surface area (Å²) in [4.78, 5) is 28.4. The van der Waals surface area contributed by atoms with E-state index in [0.29, 0.717) is 10.4 Å². The Morgan fingerprint density at radius 3 is 2.73 bits per heavy atom. The Hall–Kier alpha value is -2.91. The van der Waals surface area contributed by atoms with Gasteiger partial charge in [-0.2, -0.15) is 13.2 Å². The highest BCUT2D eigenvalue weighted by Crippen LogP contribution is 2.16. The van der Waals surface area contributed by atoms with Gasteiger partial charge in [0.2, 0.25) is 12.3 Å². The molecule has 0 saturated carbocycles. The molecule has 0 fully saturated rings. The molecule has 0 saturated heterocycles. The highest BCUT2D eigenvalue weighted by Gasteiger charge is 2.30. The summed E-state index contributed by atoms with van der Waals surface area (Å²) < 4.78 is 38.6. The summed E-state index contributed by atoms with van der Waals surface area (Å²) in [5, 5.41) is 0. The van der Waals surface area contributed by atoms with E-state index in [1.54, 1.807) is 12.1 Å². The van der Waals surface area contributed by atoms with Crippen LogP contribution in [0.4, 0.5) is 13.2 Å². The fourth-order valence-corrected chi connectivity index (χ4v) is 1.90. The van der Waals surface area contributed by atoms with Crippen molar-refractivity contribution >= 4 is 11.2 Å². The molecule has 0 aliphatic rings. The highest BCUT2D eigenvalue weighted by atomic mass is 19.4. The molecule has 0 spiro atoms. The largest absolute Gasteiger partial charge is 0.425 e. The molecule has 10 heteroatoms. The topological polar surface area (TPSA) is 74.8 Å². The molecule has 22 heavy (non-hydrogen) atoms. The second-order valence-corrected chi connectivity index (χ2v) is 4.24. The third-order valence-electron chi connectivity index (χ3n) is 2.73. The number of hydrogen-bond acceptors (Lipinski definition) is 5. The van der Waals surface area contributed by atoms with Crippen LogP contribution in [0.5, 0.6) is 0 Å². The maximum atomic E-state index is 12.3. The quantitative estimate of drug-likeness (QED) is 0.720. The van der Waals surface area contributed by atoms with E-state index < -0.39 is 18.5 Å². The maximum absolute atomic E-state index is 12.3. The third-order valence-corrected chi connectivity index (χ3v) is 2.73. The minimum absolute atomic E-state index is 0.0619. The maximum Gasteiger partial charge on any atom is 0.425 e. The van der Waals surface area contributed by atoms with E-state index in [9.17, 15) is 18.0 Å². The normalized spacial score (nSPS) is 11.8. The summed E-state index contributed by atoms with van der Waals surface area (Å²) in [5.74, 6) is 0. The van der Waals surface area contributed by atoms with Gasteiger partial charge in [0.25, 0.3) is 0 Å². The number of fused-ring (bicyclic) bond motifs is 1. The fourth-order valence-electron chi connectivity index (χ4n) is 1.90. The Morgan fingerprint density at radius 2 is 2.05 bits per heavy atom. The molecule has 3 aromatic heterocycles. The van der Waals surface area contributed by atoms with Crippen molar-refractivity contribution in [3.8, 4) is 5.69 Å². The Balaban J connectivity index is 2.18. The van der Waals surface area contributed by atoms with E-state index in [1.807, 2.05) is 0 Å². The molecule has 0 amide bonds. The van der Waals surface area contributed by atoms with Crippen molar-refractivity contribution in [2.75, 3.05) is 6.61 Å². The summed E-state index contributed by atoms with van der Waals surface area (Å²) in [6, 6.07) is 3.17. The van der Waals surface area contributed by atoms with Crippen LogP contribution in [0.3, 0.4) is 0 Å². The molecular weight excluding hydrogens is 303 g/mol. The lowest BCUT2D eigenvalue weighted by atomic mass is 10.4. The molecule has 0 aliphatic carbocycles. The SMILES string of the molecule is O=c1n(OCC(F)(F)F)c2ncncc2n1-c1cccnc1. The smallest absolute Gasteiger partial charge is 0.398 e. The predicted molar refractivity (Wildman–Crippen MR) is 68.4 cm³/mol. The van der Waals surface area contributed by atoms with E-state index in [2.05, 4.69) is 19.8 Å². The number of rotatable bonds is 3. The molecular formula is C12H8F3N5O2. The summed E-state index contributed by atoms with van der Waals surface area (Å²) in [6.45, 7) is -1.61. The zero-order valence-electron chi connectivity index (χ0n) is 10.9. The van der Waals surface area contributed by atoms with Crippen LogP contribution in [-0.4, -0.2) is 37.0 Å². The van der Waals surface area contributed by atoms with Gasteiger partial charge < -0.3 is 4.84 Å². The number of alkyl halides is 3. The minimum atomic E-state index is -4.57.